The Balaban J connectivity index is 1.56. The van der Waals surface area contributed by atoms with E-state index in [1.54, 1.807) is 7.05 Å². The lowest BCUT2D eigenvalue weighted by Crippen LogP contribution is -2.40. The molecular formula is C22H30N4O3S. The number of aliphatic imine (C=N–C) groups is 1. The molecule has 2 aromatic carbocycles. The average molecular weight is 431 g/mol. The van der Waals surface area contributed by atoms with E-state index in [4.69, 9.17) is 4.74 Å². The number of benzene rings is 2. The van der Waals surface area contributed by atoms with E-state index in [0.717, 1.165) is 29.0 Å². The first-order chi connectivity index (χ1) is 14.3. The molecule has 3 rings (SSSR count). The molecule has 30 heavy (non-hydrogen) atoms. The van der Waals surface area contributed by atoms with Crippen LogP contribution in [0, 0.1) is 12.8 Å². The van der Waals surface area contributed by atoms with Crippen LogP contribution in [0.5, 0.6) is 11.5 Å². The number of ether oxygens (including phenoxy) is 1. The first-order valence-electron chi connectivity index (χ1n) is 10.1. The normalized spacial score (nSPS) is 17.7. The van der Waals surface area contributed by atoms with Crippen molar-refractivity contribution in [3.8, 4) is 11.5 Å². The van der Waals surface area contributed by atoms with Crippen molar-refractivity contribution in [1.82, 2.24) is 14.9 Å². The second-order valence-corrected chi connectivity index (χ2v) is 9.59. The lowest BCUT2D eigenvalue weighted by atomic mass is 10.1. The first-order valence-corrected chi connectivity index (χ1v) is 11.9. The van der Waals surface area contributed by atoms with Gasteiger partial charge in [0.25, 0.3) is 0 Å². The molecule has 1 aliphatic heterocycles. The Morgan fingerprint density at radius 2 is 1.97 bits per heavy atom. The second kappa shape index (κ2) is 9.95. The van der Waals surface area contributed by atoms with Crippen LogP contribution >= 0.6 is 0 Å². The first kappa shape index (κ1) is 22.1. The van der Waals surface area contributed by atoms with Crippen LogP contribution in [0.4, 0.5) is 0 Å². The Labute approximate surface area is 179 Å². The van der Waals surface area contributed by atoms with Crippen LogP contribution in [0.3, 0.4) is 0 Å². The monoisotopic (exact) mass is 430 g/mol. The Morgan fingerprint density at radius 3 is 2.63 bits per heavy atom. The number of sulfonamides is 1. The molecule has 0 saturated carbocycles. The maximum atomic E-state index is 11.7. The highest BCUT2D eigenvalue weighted by Gasteiger charge is 2.28. The summed E-state index contributed by atoms with van der Waals surface area (Å²) in [6.45, 7) is 4.41. The summed E-state index contributed by atoms with van der Waals surface area (Å²) >= 11 is 0. The maximum absolute atomic E-state index is 11.7. The zero-order chi connectivity index (χ0) is 21.6. The van der Waals surface area contributed by atoms with Crippen LogP contribution in [0.25, 0.3) is 0 Å². The number of para-hydroxylation sites is 1. The van der Waals surface area contributed by atoms with Crippen molar-refractivity contribution in [1.29, 1.82) is 0 Å². The summed E-state index contributed by atoms with van der Waals surface area (Å²) in [5, 5.41) is 6.63. The number of hydrogen-bond acceptors (Lipinski definition) is 4. The summed E-state index contributed by atoms with van der Waals surface area (Å²) < 4.78 is 31.0. The molecule has 1 fully saturated rings. The molecule has 0 bridgehead atoms. The number of nitrogens with zero attached hydrogens (tertiary/aromatic N) is 2. The van der Waals surface area contributed by atoms with E-state index in [9.17, 15) is 8.42 Å². The molecule has 0 radical (unpaired) electrons. The topological polar surface area (TPSA) is 83.0 Å². The summed E-state index contributed by atoms with van der Waals surface area (Å²) in [5.74, 6) is 2.56. The predicted octanol–water partition coefficient (Wildman–Crippen LogP) is 2.73. The SMILES string of the molecule is CN=C(NCc1ccc(C)cc1Oc1ccccc1)NCC1CCN(S(C)(=O)=O)C1. The third kappa shape index (κ3) is 6.21. The van der Waals surface area contributed by atoms with Crippen molar-refractivity contribution < 1.29 is 13.2 Å². The molecule has 0 aromatic heterocycles. The van der Waals surface area contributed by atoms with Crippen LogP contribution < -0.4 is 15.4 Å². The summed E-state index contributed by atoms with van der Waals surface area (Å²) in [6.07, 6.45) is 2.12. The maximum Gasteiger partial charge on any atom is 0.211 e. The van der Waals surface area contributed by atoms with Gasteiger partial charge in [0.15, 0.2) is 5.96 Å². The molecule has 1 heterocycles. The molecule has 0 spiro atoms. The zero-order valence-corrected chi connectivity index (χ0v) is 18.6. The quantitative estimate of drug-likeness (QED) is 0.521. The standard InChI is InChI=1S/C22H30N4O3S/c1-17-9-10-19(21(13-17)29-20-7-5-4-6-8-20)15-25-22(23-2)24-14-18-11-12-26(16-18)30(3,27)28/h4-10,13,18H,11-12,14-16H2,1-3H3,(H2,23,24,25). The van der Waals surface area contributed by atoms with Gasteiger partial charge in [0.1, 0.15) is 11.5 Å². The van der Waals surface area contributed by atoms with Gasteiger partial charge in [0.05, 0.1) is 6.26 Å². The van der Waals surface area contributed by atoms with E-state index in [0.29, 0.717) is 32.1 Å². The van der Waals surface area contributed by atoms with Crippen molar-refractivity contribution >= 4 is 16.0 Å². The Kier molecular flexibility index (Phi) is 7.33. The zero-order valence-electron chi connectivity index (χ0n) is 17.8. The number of rotatable bonds is 7. The number of hydrogen-bond donors (Lipinski definition) is 2. The van der Waals surface area contributed by atoms with Gasteiger partial charge in [-0.1, -0.05) is 30.3 Å². The second-order valence-electron chi connectivity index (χ2n) is 7.61. The predicted molar refractivity (Wildman–Crippen MR) is 120 cm³/mol. The summed E-state index contributed by atoms with van der Waals surface area (Å²) in [7, 11) is -1.39. The van der Waals surface area contributed by atoms with E-state index >= 15 is 0 Å². The van der Waals surface area contributed by atoms with E-state index in [1.165, 1.54) is 10.6 Å². The molecule has 162 valence electrons. The lowest BCUT2D eigenvalue weighted by Gasteiger charge is -2.17. The van der Waals surface area contributed by atoms with Gasteiger partial charge in [-0.05, 0) is 43.0 Å². The van der Waals surface area contributed by atoms with Gasteiger partial charge in [-0.2, -0.15) is 0 Å². The van der Waals surface area contributed by atoms with Crippen LogP contribution in [-0.2, 0) is 16.6 Å². The fourth-order valence-electron chi connectivity index (χ4n) is 3.42. The van der Waals surface area contributed by atoms with Crippen LogP contribution in [0.15, 0.2) is 53.5 Å². The minimum absolute atomic E-state index is 0.273. The van der Waals surface area contributed by atoms with Gasteiger partial charge in [-0.3, -0.25) is 4.99 Å². The highest BCUT2D eigenvalue weighted by Crippen LogP contribution is 2.26. The van der Waals surface area contributed by atoms with E-state index in [2.05, 4.69) is 27.8 Å². The Hall–Kier alpha value is -2.58. The average Bonchev–Trinajstić information content (AvgIpc) is 3.20. The molecule has 0 aliphatic carbocycles. The van der Waals surface area contributed by atoms with Crippen molar-refractivity contribution in [2.75, 3.05) is 32.9 Å². The summed E-state index contributed by atoms with van der Waals surface area (Å²) in [4.78, 5) is 4.28. The number of aryl methyl sites for hydroxylation is 1. The van der Waals surface area contributed by atoms with E-state index in [1.807, 2.05) is 43.3 Å². The van der Waals surface area contributed by atoms with Crippen molar-refractivity contribution in [3.63, 3.8) is 0 Å². The van der Waals surface area contributed by atoms with Crippen molar-refractivity contribution in [3.05, 3.63) is 59.7 Å². The minimum Gasteiger partial charge on any atom is -0.457 e. The summed E-state index contributed by atoms with van der Waals surface area (Å²) in [6, 6.07) is 15.9. The fraction of sp³-hybridized carbons (Fsp3) is 0.409. The van der Waals surface area contributed by atoms with E-state index in [-0.39, 0.29) is 5.92 Å². The smallest absolute Gasteiger partial charge is 0.211 e. The van der Waals surface area contributed by atoms with Gasteiger partial charge in [0.2, 0.25) is 10.0 Å². The fourth-order valence-corrected chi connectivity index (χ4v) is 4.34. The third-order valence-electron chi connectivity index (χ3n) is 5.14. The van der Waals surface area contributed by atoms with Gasteiger partial charge in [0, 0.05) is 38.8 Å². The molecule has 1 atom stereocenters. The number of nitrogens with one attached hydrogen (secondary N) is 2. The Morgan fingerprint density at radius 1 is 1.20 bits per heavy atom. The van der Waals surface area contributed by atoms with Crippen LogP contribution in [0.1, 0.15) is 17.5 Å². The molecule has 1 aliphatic rings. The van der Waals surface area contributed by atoms with Gasteiger partial charge >= 0.3 is 0 Å². The van der Waals surface area contributed by atoms with Crippen LogP contribution in [0.2, 0.25) is 0 Å². The molecule has 2 N–H and O–H groups in total. The molecule has 0 amide bonds. The summed E-state index contributed by atoms with van der Waals surface area (Å²) in [5.41, 5.74) is 2.15. The molecule has 1 saturated heterocycles. The minimum atomic E-state index is -3.11. The highest BCUT2D eigenvalue weighted by molar-refractivity contribution is 7.88. The van der Waals surface area contributed by atoms with Gasteiger partial charge in [-0.25, -0.2) is 12.7 Å². The molecule has 8 heteroatoms. The highest BCUT2D eigenvalue weighted by atomic mass is 32.2. The molecular weight excluding hydrogens is 400 g/mol. The van der Waals surface area contributed by atoms with Crippen LogP contribution in [-0.4, -0.2) is 51.6 Å². The van der Waals surface area contributed by atoms with Gasteiger partial charge < -0.3 is 15.4 Å². The van der Waals surface area contributed by atoms with Crippen molar-refractivity contribution in [2.24, 2.45) is 10.9 Å². The molecule has 7 nitrogen and oxygen atoms in total. The number of guanidine groups is 1. The lowest BCUT2D eigenvalue weighted by molar-refractivity contribution is 0.458. The molecule has 2 aromatic rings. The Bertz CT molecular complexity index is 977. The third-order valence-corrected chi connectivity index (χ3v) is 6.41. The van der Waals surface area contributed by atoms with Crippen molar-refractivity contribution in [2.45, 2.75) is 19.9 Å². The van der Waals surface area contributed by atoms with Gasteiger partial charge in [-0.15, -0.1) is 0 Å². The molecule has 1 unspecified atom stereocenters. The largest absolute Gasteiger partial charge is 0.457 e. The van der Waals surface area contributed by atoms with E-state index < -0.39 is 10.0 Å².